The van der Waals surface area contributed by atoms with Crippen molar-refractivity contribution in [3.05, 3.63) is 35.9 Å². The second-order valence-corrected chi connectivity index (χ2v) is 5.93. The van der Waals surface area contributed by atoms with Crippen molar-refractivity contribution in [3.63, 3.8) is 0 Å². The van der Waals surface area contributed by atoms with Crippen LogP contribution in [0.1, 0.15) is 39.2 Å². The van der Waals surface area contributed by atoms with Gasteiger partial charge in [0.05, 0.1) is 7.11 Å². The zero-order chi connectivity index (χ0) is 17.2. The Morgan fingerprint density at radius 3 is 2.35 bits per heavy atom. The lowest BCUT2D eigenvalue weighted by Gasteiger charge is -2.23. The fourth-order valence-corrected chi connectivity index (χ4v) is 2.30. The Labute approximate surface area is 138 Å². The number of nitrogens with one attached hydrogen (secondary N) is 2. The molecular formula is C18H28N2O3. The lowest BCUT2D eigenvalue weighted by molar-refractivity contribution is -0.144. The predicted molar refractivity (Wildman–Crippen MR) is 91.2 cm³/mol. The van der Waals surface area contributed by atoms with Crippen molar-refractivity contribution in [2.75, 3.05) is 7.11 Å². The van der Waals surface area contributed by atoms with Crippen molar-refractivity contribution < 1.29 is 14.3 Å². The molecule has 0 spiro atoms. The molecule has 0 fully saturated rings. The van der Waals surface area contributed by atoms with Crippen molar-refractivity contribution in [1.82, 2.24) is 10.6 Å². The Balaban J connectivity index is 2.45. The van der Waals surface area contributed by atoms with Crippen LogP contribution >= 0.6 is 0 Å². The zero-order valence-electron chi connectivity index (χ0n) is 14.5. The summed E-state index contributed by atoms with van der Waals surface area (Å²) in [5.74, 6) is -0.390. The molecule has 3 atom stereocenters. The van der Waals surface area contributed by atoms with Crippen LogP contribution in [0.5, 0.6) is 0 Å². The number of amides is 2. The van der Waals surface area contributed by atoms with Crippen molar-refractivity contribution in [2.24, 2.45) is 5.92 Å². The first-order valence-corrected chi connectivity index (χ1v) is 8.16. The van der Waals surface area contributed by atoms with E-state index in [0.717, 1.165) is 19.3 Å². The molecule has 1 aromatic carbocycles. The average molecular weight is 320 g/mol. The van der Waals surface area contributed by atoms with Gasteiger partial charge in [-0.15, -0.1) is 0 Å². The van der Waals surface area contributed by atoms with E-state index < -0.39 is 12.0 Å². The molecule has 23 heavy (non-hydrogen) atoms. The summed E-state index contributed by atoms with van der Waals surface area (Å²) in [6.07, 6.45) is 2.52. The summed E-state index contributed by atoms with van der Waals surface area (Å²) < 4.78 is 4.77. The maximum Gasteiger partial charge on any atom is 0.328 e. The molecule has 2 amide bonds. The van der Waals surface area contributed by atoms with E-state index in [1.807, 2.05) is 39.0 Å². The van der Waals surface area contributed by atoms with Gasteiger partial charge >= 0.3 is 12.0 Å². The monoisotopic (exact) mass is 320 g/mol. The lowest BCUT2D eigenvalue weighted by atomic mass is 9.99. The number of hydrogen-bond acceptors (Lipinski definition) is 3. The Hall–Kier alpha value is -2.04. The summed E-state index contributed by atoms with van der Waals surface area (Å²) >= 11 is 0. The van der Waals surface area contributed by atoms with Crippen LogP contribution < -0.4 is 10.6 Å². The number of esters is 1. The number of aryl methyl sites for hydroxylation is 1. The minimum atomic E-state index is -0.619. The summed E-state index contributed by atoms with van der Waals surface area (Å²) in [7, 11) is 1.33. The molecule has 0 radical (unpaired) electrons. The topological polar surface area (TPSA) is 67.4 Å². The van der Waals surface area contributed by atoms with Gasteiger partial charge in [-0.2, -0.15) is 0 Å². The highest BCUT2D eigenvalue weighted by atomic mass is 16.5. The number of benzene rings is 1. The van der Waals surface area contributed by atoms with Crippen LogP contribution in [0.4, 0.5) is 4.79 Å². The van der Waals surface area contributed by atoms with Gasteiger partial charge in [0, 0.05) is 6.04 Å². The van der Waals surface area contributed by atoms with Gasteiger partial charge in [0.2, 0.25) is 0 Å². The standard InChI is InChI=1S/C18H28N2O3/c1-5-13(2)16(17(21)23-4)20-18(22)19-14(3)11-12-15-9-7-6-8-10-15/h6-10,13-14,16H,5,11-12H2,1-4H3,(H2,19,20,22)/t13-,14+,16+/m0/s1. The highest BCUT2D eigenvalue weighted by Gasteiger charge is 2.26. The second-order valence-electron chi connectivity index (χ2n) is 5.93. The van der Waals surface area contributed by atoms with Crippen LogP contribution in [0, 0.1) is 5.92 Å². The number of carbonyl (C=O) groups excluding carboxylic acids is 2. The fourth-order valence-electron chi connectivity index (χ4n) is 2.30. The SMILES string of the molecule is CC[C@H](C)[C@@H](NC(=O)N[C@H](C)CCc1ccccc1)C(=O)OC. The molecule has 0 aliphatic heterocycles. The number of ether oxygens (including phenoxy) is 1. The van der Waals surface area contributed by atoms with Crippen LogP contribution in [-0.2, 0) is 16.0 Å². The van der Waals surface area contributed by atoms with Crippen LogP contribution in [0.2, 0.25) is 0 Å². The Morgan fingerprint density at radius 1 is 1.13 bits per heavy atom. The third kappa shape index (κ3) is 6.72. The Bertz CT molecular complexity index is 490. The van der Waals surface area contributed by atoms with E-state index in [0.29, 0.717) is 0 Å². The summed E-state index contributed by atoms with van der Waals surface area (Å²) in [5, 5.41) is 5.60. The maximum absolute atomic E-state index is 12.1. The Morgan fingerprint density at radius 2 is 1.78 bits per heavy atom. The van der Waals surface area contributed by atoms with E-state index >= 15 is 0 Å². The summed E-state index contributed by atoms with van der Waals surface area (Å²) in [4.78, 5) is 23.9. The molecular weight excluding hydrogens is 292 g/mol. The van der Waals surface area contributed by atoms with E-state index in [2.05, 4.69) is 22.8 Å². The van der Waals surface area contributed by atoms with Crippen LogP contribution in [-0.4, -0.2) is 31.2 Å². The van der Waals surface area contributed by atoms with Gasteiger partial charge < -0.3 is 15.4 Å². The van der Waals surface area contributed by atoms with E-state index in [4.69, 9.17) is 4.74 Å². The molecule has 0 heterocycles. The molecule has 2 N–H and O–H groups in total. The van der Waals surface area contributed by atoms with E-state index in [-0.39, 0.29) is 18.0 Å². The van der Waals surface area contributed by atoms with E-state index in [1.54, 1.807) is 0 Å². The van der Waals surface area contributed by atoms with Crippen molar-refractivity contribution >= 4 is 12.0 Å². The molecule has 0 aromatic heterocycles. The fraction of sp³-hybridized carbons (Fsp3) is 0.556. The van der Waals surface area contributed by atoms with E-state index in [1.165, 1.54) is 12.7 Å². The minimum absolute atomic E-state index is 0.0189. The number of hydrogen-bond donors (Lipinski definition) is 2. The summed E-state index contributed by atoms with van der Waals surface area (Å²) in [6, 6.07) is 9.21. The third-order valence-corrected chi connectivity index (χ3v) is 4.04. The van der Waals surface area contributed by atoms with Gasteiger partial charge in [-0.3, -0.25) is 0 Å². The molecule has 5 nitrogen and oxygen atoms in total. The first-order chi connectivity index (χ1) is 11.0. The van der Waals surface area contributed by atoms with Gasteiger partial charge in [0.1, 0.15) is 6.04 Å². The van der Waals surface area contributed by atoms with Crippen LogP contribution in [0.25, 0.3) is 0 Å². The third-order valence-electron chi connectivity index (χ3n) is 4.04. The maximum atomic E-state index is 12.1. The second kappa shape index (κ2) is 9.87. The highest BCUT2D eigenvalue weighted by Crippen LogP contribution is 2.09. The molecule has 0 aliphatic carbocycles. The first-order valence-electron chi connectivity index (χ1n) is 8.16. The number of methoxy groups -OCH3 is 1. The lowest BCUT2D eigenvalue weighted by Crippen LogP contribution is -2.51. The molecule has 0 saturated carbocycles. The van der Waals surface area contributed by atoms with Crippen LogP contribution in [0.3, 0.4) is 0 Å². The largest absolute Gasteiger partial charge is 0.467 e. The van der Waals surface area contributed by atoms with E-state index in [9.17, 15) is 9.59 Å². The normalized spacial score (nSPS) is 14.4. The highest BCUT2D eigenvalue weighted by molar-refractivity contribution is 5.83. The van der Waals surface area contributed by atoms with Gasteiger partial charge in [0.15, 0.2) is 0 Å². The predicted octanol–water partition coefficient (Wildman–Crippen LogP) is 2.89. The summed E-state index contributed by atoms with van der Waals surface area (Å²) in [6.45, 7) is 5.85. The molecule has 1 rings (SSSR count). The molecule has 1 aromatic rings. The first kappa shape index (κ1) is 19.0. The Kier molecular flexibility index (Phi) is 8.16. The molecule has 0 unspecified atom stereocenters. The van der Waals surface area contributed by atoms with Gasteiger partial charge in [-0.05, 0) is 31.2 Å². The minimum Gasteiger partial charge on any atom is -0.467 e. The van der Waals surface area contributed by atoms with Crippen molar-refractivity contribution in [1.29, 1.82) is 0 Å². The van der Waals surface area contributed by atoms with Gasteiger partial charge in [-0.25, -0.2) is 9.59 Å². The molecule has 0 aliphatic rings. The van der Waals surface area contributed by atoms with Gasteiger partial charge in [-0.1, -0.05) is 50.6 Å². The van der Waals surface area contributed by atoms with Crippen LogP contribution in [0.15, 0.2) is 30.3 Å². The summed E-state index contributed by atoms with van der Waals surface area (Å²) in [5.41, 5.74) is 1.24. The van der Waals surface area contributed by atoms with Crippen molar-refractivity contribution in [3.8, 4) is 0 Å². The quantitative estimate of drug-likeness (QED) is 0.724. The zero-order valence-corrected chi connectivity index (χ0v) is 14.5. The van der Waals surface area contributed by atoms with Crippen molar-refractivity contribution in [2.45, 2.75) is 52.1 Å². The molecule has 0 saturated heterocycles. The molecule has 0 bridgehead atoms. The number of rotatable bonds is 8. The van der Waals surface area contributed by atoms with Gasteiger partial charge in [0.25, 0.3) is 0 Å². The average Bonchev–Trinajstić information content (AvgIpc) is 2.57. The number of urea groups is 1. The smallest absolute Gasteiger partial charge is 0.328 e. The molecule has 128 valence electrons. The number of carbonyl (C=O) groups is 2. The molecule has 5 heteroatoms.